The van der Waals surface area contributed by atoms with Crippen LogP contribution in [0.15, 0.2) is 24.4 Å². The van der Waals surface area contributed by atoms with Crippen LogP contribution in [0.4, 0.5) is 5.95 Å². The molecule has 0 spiro atoms. The van der Waals surface area contributed by atoms with Gasteiger partial charge in [0.1, 0.15) is 6.10 Å². The highest BCUT2D eigenvalue weighted by Crippen LogP contribution is 2.29. The van der Waals surface area contributed by atoms with E-state index in [-0.39, 0.29) is 18.2 Å². The van der Waals surface area contributed by atoms with Crippen LogP contribution in [-0.2, 0) is 14.9 Å². The SMILES string of the molecule is NS(=O)(=O)N[C@H]1CC[C@H](Oc2nc(-c3cccc4[nH]ncc34)nc(N3CCOCC3)n2)CC1. The zero-order chi connectivity index (χ0) is 22.8. The number of rotatable bonds is 6. The third kappa shape index (κ3) is 5.21. The number of anilines is 1. The molecule has 12 nitrogen and oxygen atoms in total. The normalized spacial score (nSPS) is 21.9. The first-order valence-electron chi connectivity index (χ1n) is 10.9. The van der Waals surface area contributed by atoms with Gasteiger partial charge >= 0.3 is 6.01 Å². The third-order valence-corrected chi connectivity index (χ3v) is 6.56. The van der Waals surface area contributed by atoms with E-state index in [1.807, 2.05) is 18.2 Å². The average Bonchev–Trinajstić information content (AvgIpc) is 3.29. The number of H-pyrrole nitrogens is 1. The Balaban J connectivity index is 1.41. The number of nitrogens with one attached hydrogen (secondary N) is 2. The van der Waals surface area contributed by atoms with Crippen molar-refractivity contribution in [3.8, 4) is 17.4 Å². The molecule has 13 heteroatoms. The molecule has 1 saturated heterocycles. The van der Waals surface area contributed by atoms with Crippen LogP contribution >= 0.6 is 0 Å². The Hall–Kier alpha value is -2.87. The number of aromatic nitrogens is 5. The summed E-state index contributed by atoms with van der Waals surface area (Å²) < 4.78 is 36.7. The molecule has 33 heavy (non-hydrogen) atoms. The molecule has 0 atom stereocenters. The summed E-state index contributed by atoms with van der Waals surface area (Å²) in [6.07, 6.45) is 4.22. The smallest absolute Gasteiger partial charge is 0.322 e. The van der Waals surface area contributed by atoms with E-state index in [2.05, 4.69) is 29.8 Å². The molecule has 0 unspecified atom stereocenters. The molecular formula is C20H26N8O4S. The standard InChI is InChI=1S/C20H26N8O4S/c21-33(29,30)27-13-4-6-14(7-5-13)32-20-24-18(15-2-1-3-17-16(15)12-22-26-17)23-19(25-20)28-8-10-31-11-9-28/h1-3,12-14,27H,4-11H2,(H,22,26)(H2,21,29,30)/t13-,14-. The highest BCUT2D eigenvalue weighted by Gasteiger charge is 2.26. The molecule has 2 fully saturated rings. The summed E-state index contributed by atoms with van der Waals surface area (Å²) in [4.78, 5) is 16.0. The zero-order valence-electron chi connectivity index (χ0n) is 18.0. The quantitative estimate of drug-likeness (QED) is 0.468. The average molecular weight is 475 g/mol. The molecular weight excluding hydrogens is 448 g/mol. The van der Waals surface area contributed by atoms with E-state index < -0.39 is 10.2 Å². The molecule has 4 N–H and O–H groups in total. The molecule has 0 amide bonds. The first-order valence-corrected chi connectivity index (χ1v) is 12.5. The summed E-state index contributed by atoms with van der Waals surface area (Å²) in [7, 11) is -3.71. The summed E-state index contributed by atoms with van der Waals surface area (Å²) in [5.74, 6) is 1.06. The second-order valence-electron chi connectivity index (χ2n) is 8.23. The van der Waals surface area contributed by atoms with Gasteiger partial charge in [-0.15, -0.1) is 0 Å². The lowest BCUT2D eigenvalue weighted by atomic mass is 9.94. The van der Waals surface area contributed by atoms with Crippen molar-refractivity contribution in [1.29, 1.82) is 0 Å². The molecule has 176 valence electrons. The number of ether oxygens (including phenoxy) is 2. The molecule has 1 aromatic carbocycles. The van der Waals surface area contributed by atoms with E-state index in [0.717, 1.165) is 16.5 Å². The maximum atomic E-state index is 11.3. The molecule has 1 aliphatic carbocycles. The van der Waals surface area contributed by atoms with Gasteiger partial charge in [0.25, 0.3) is 10.2 Å². The number of nitrogens with zero attached hydrogens (tertiary/aromatic N) is 5. The molecule has 5 rings (SSSR count). The number of fused-ring (bicyclic) bond motifs is 1. The van der Waals surface area contributed by atoms with E-state index in [0.29, 0.717) is 63.8 Å². The van der Waals surface area contributed by atoms with Gasteiger partial charge in [-0.1, -0.05) is 12.1 Å². The Bertz CT molecular complexity index is 1220. The summed E-state index contributed by atoms with van der Waals surface area (Å²) in [5.41, 5.74) is 1.73. The fourth-order valence-corrected chi connectivity index (χ4v) is 4.97. The Labute approximate surface area is 191 Å². The summed E-state index contributed by atoms with van der Waals surface area (Å²) >= 11 is 0. The molecule has 1 aliphatic heterocycles. The number of morpholine rings is 1. The number of hydrogen-bond acceptors (Lipinski definition) is 9. The first-order chi connectivity index (χ1) is 15.9. The zero-order valence-corrected chi connectivity index (χ0v) is 18.8. The van der Waals surface area contributed by atoms with Gasteiger partial charge in [0, 0.05) is 30.1 Å². The number of hydrogen-bond donors (Lipinski definition) is 3. The molecule has 2 aromatic heterocycles. The van der Waals surface area contributed by atoms with Crippen LogP contribution in [0.25, 0.3) is 22.3 Å². The Morgan fingerprint density at radius 1 is 1.12 bits per heavy atom. The van der Waals surface area contributed by atoms with E-state index >= 15 is 0 Å². The van der Waals surface area contributed by atoms with Crippen LogP contribution < -0.4 is 19.5 Å². The van der Waals surface area contributed by atoms with Crippen molar-refractivity contribution in [1.82, 2.24) is 29.9 Å². The van der Waals surface area contributed by atoms with Gasteiger partial charge in [-0.3, -0.25) is 5.10 Å². The van der Waals surface area contributed by atoms with Crippen LogP contribution in [0, 0.1) is 0 Å². The second-order valence-corrected chi connectivity index (χ2v) is 9.56. The van der Waals surface area contributed by atoms with Crippen molar-refractivity contribution >= 4 is 27.1 Å². The van der Waals surface area contributed by atoms with Crippen molar-refractivity contribution < 1.29 is 17.9 Å². The molecule has 1 saturated carbocycles. The molecule has 3 heterocycles. The lowest BCUT2D eigenvalue weighted by Gasteiger charge is -2.29. The van der Waals surface area contributed by atoms with Crippen LogP contribution in [0.2, 0.25) is 0 Å². The van der Waals surface area contributed by atoms with Gasteiger partial charge in [-0.2, -0.15) is 33.2 Å². The summed E-state index contributed by atoms with van der Waals surface area (Å²) in [6, 6.07) is 5.89. The minimum absolute atomic E-state index is 0.124. The highest BCUT2D eigenvalue weighted by molar-refractivity contribution is 7.87. The Morgan fingerprint density at radius 2 is 1.91 bits per heavy atom. The predicted octanol–water partition coefficient (Wildman–Crippen LogP) is 0.735. The molecule has 3 aromatic rings. The highest BCUT2D eigenvalue weighted by atomic mass is 32.2. The van der Waals surface area contributed by atoms with Gasteiger partial charge in [0.05, 0.1) is 24.9 Å². The minimum Gasteiger partial charge on any atom is -0.460 e. The maximum Gasteiger partial charge on any atom is 0.322 e. The van der Waals surface area contributed by atoms with E-state index in [1.165, 1.54) is 0 Å². The Morgan fingerprint density at radius 3 is 2.67 bits per heavy atom. The lowest BCUT2D eigenvalue weighted by molar-refractivity contribution is 0.120. The van der Waals surface area contributed by atoms with E-state index in [9.17, 15) is 8.42 Å². The van der Waals surface area contributed by atoms with Crippen LogP contribution in [-0.4, -0.2) is 72.0 Å². The number of nitrogens with two attached hydrogens (primary N) is 1. The molecule has 2 aliphatic rings. The van der Waals surface area contributed by atoms with Gasteiger partial charge in [-0.25, -0.2) is 5.14 Å². The Kier molecular flexibility index (Phi) is 6.10. The maximum absolute atomic E-state index is 11.3. The van der Waals surface area contributed by atoms with Crippen molar-refractivity contribution in [3.05, 3.63) is 24.4 Å². The fourth-order valence-electron chi connectivity index (χ4n) is 4.27. The van der Waals surface area contributed by atoms with Gasteiger partial charge < -0.3 is 14.4 Å². The van der Waals surface area contributed by atoms with E-state index in [4.69, 9.17) is 19.6 Å². The van der Waals surface area contributed by atoms with E-state index in [1.54, 1.807) is 6.20 Å². The van der Waals surface area contributed by atoms with Gasteiger partial charge in [0.2, 0.25) is 5.95 Å². The number of benzene rings is 1. The van der Waals surface area contributed by atoms with Gasteiger partial charge in [0.15, 0.2) is 5.82 Å². The van der Waals surface area contributed by atoms with Crippen molar-refractivity contribution in [3.63, 3.8) is 0 Å². The molecule has 0 bridgehead atoms. The van der Waals surface area contributed by atoms with Crippen molar-refractivity contribution in [2.24, 2.45) is 5.14 Å². The van der Waals surface area contributed by atoms with Crippen molar-refractivity contribution in [2.45, 2.75) is 37.8 Å². The van der Waals surface area contributed by atoms with Crippen molar-refractivity contribution in [2.75, 3.05) is 31.2 Å². The van der Waals surface area contributed by atoms with Crippen LogP contribution in [0.3, 0.4) is 0 Å². The third-order valence-electron chi connectivity index (χ3n) is 5.90. The first kappa shape index (κ1) is 21.9. The summed E-state index contributed by atoms with van der Waals surface area (Å²) in [5, 5.41) is 13.1. The lowest BCUT2D eigenvalue weighted by Crippen LogP contribution is -2.42. The topological polar surface area (TPSA) is 161 Å². The summed E-state index contributed by atoms with van der Waals surface area (Å²) in [6.45, 7) is 2.58. The molecule has 0 radical (unpaired) electrons. The second kappa shape index (κ2) is 9.17. The number of aromatic amines is 1. The largest absolute Gasteiger partial charge is 0.460 e. The predicted molar refractivity (Wildman–Crippen MR) is 121 cm³/mol. The van der Waals surface area contributed by atoms with Gasteiger partial charge in [-0.05, 0) is 31.7 Å². The fraction of sp³-hybridized carbons (Fsp3) is 0.500. The van der Waals surface area contributed by atoms with Crippen LogP contribution in [0.1, 0.15) is 25.7 Å². The van der Waals surface area contributed by atoms with Crippen LogP contribution in [0.5, 0.6) is 6.01 Å². The monoisotopic (exact) mass is 474 g/mol. The minimum atomic E-state index is -3.71.